The number of hydrogen-bond acceptors (Lipinski definition) is 3. The number of hydrogen-bond donors (Lipinski definition) is 1. The van der Waals surface area contributed by atoms with Crippen LogP contribution in [0.15, 0.2) is 28.7 Å². The van der Waals surface area contributed by atoms with Crippen LogP contribution in [0.4, 0.5) is 5.69 Å². The monoisotopic (exact) mass is 307 g/mol. The van der Waals surface area contributed by atoms with E-state index in [9.17, 15) is 4.79 Å². The minimum absolute atomic E-state index is 0.00296. The lowest BCUT2D eigenvalue weighted by molar-refractivity contribution is 0.0991. The minimum Gasteiger partial charge on any atom is -0.398 e. The van der Waals surface area contributed by atoms with Crippen molar-refractivity contribution in [2.24, 2.45) is 7.05 Å². The third-order valence-corrected chi connectivity index (χ3v) is 3.88. The molecule has 2 N–H and O–H groups in total. The number of carbonyl (C=O) groups is 1. The summed E-state index contributed by atoms with van der Waals surface area (Å²) in [6, 6.07) is 7.11. The molecule has 0 aliphatic heterocycles. The van der Waals surface area contributed by atoms with Gasteiger partial charge in [-0.2, -0.15) is 5.10 Å². The summed E-state index contributed by atoms with van der Waals surface area (Å²) in [7, 11) is 1.83. The van der Waals surface area contributed by atoms with E-state index in [-0.39, 0.29) is 12.2 Å². The van der Waals surface area contributed by atoms with E-state index in [0.717, 1.165) is 15.9 Å². The van der Waals surface area contributed by atoms with Crippen molar-refractivity contribution in [1.29, 1.82) is 0 Å². The van der Waals surface area contributed by atoms with Crippen molar-refractivity contribution in [3.05, 3.63) is 45.7 Å². The van der Waals surface area contributed by atoms with Gasteiger partial charge in [0.25, 0.3) is 0 Å². The Morgan fingerprint density at radius 1 is 1.44 bits per heavy atom. The molecule has 2 rings (SSSR count). The van der Waals surface area contributed by atoms with Crippen LogP contribution >= 0.6 is 15.9 Å². The summed E-state index contributed by atoms with van der Waals surface area (Å²) in [6.07, 6.45) is 0.284. The van der Waals surface area contributed by atoms with Crippen LogP contribution in [0.2, 0.25) is 0 Å². The van der Waals surface area contributed by atoms with Gasteiger partial charge in [0, 0.05) is 18.3 Å². The molecule has 0 saturated carbocycles. The van der Waals surface area contributed by atoms with Crippen molar-refractivity contribution in [2.75, 3.05) is 5.73 Å². The van der Waals surface area contributed by atoms with Gasteiger partial charge in [0.05, 0.1) is 22.3 Å². The highest BCUT2D eigenvalue weighted by Crippen LogP contribution is 2.22. The number of nitrogens with zero attached hydrogens (tertiary/aromatic N) is 2. The molecular formula is C13H14BrN3O. The Morgan fingerprint density at radius 2 is 2.11 bits per heavy atom. The fraction of sp³-hybridized carbons (Fsp3) is 0.231. The first-order valence-electron chi connectivity index (χ1n) is 5.56. The molecule has 5 heteroatoms. The van der Waals surface area contributed by atoms with Crippen LogP contribution in [0.5, 0.6) is 0 Å². The van der Waals surface area contributed by atoms with E-state index < -0.39 is 0 Å². The number of carbonyl (C=O) groups excluding carboxylic acids is 1. The molecule has 0 unspecified atom stereocenters. The third kappa shape index (κ3) is 2.31. The van der Waals surface area contributed by atoms with Crippen molar-refractivity contribution in [3.8, 4) is 0 Å². The van der Waals surface area contributed by atoms with Gasteiger partial charge in [-0.3, -0.25) is 9.48 Å². The Morgan fingerprint density at radius 3 is 2.67 bits per heavy atom. The first-order chi connectivity index (χ1) is 8.50. The van der Waals surface area contributed by atoms with Crippen molar-refractivity contribution in [3.63, 3.8) is 0 Å². The van der Waals surface area contributed by atoms with E-state index in [1.54, 1.807) is 16.8 Å². The molecule has 18 heavy (non-hydrogen) atoms. The molecule has 0 bridgehead atoms. The molecular weight excluding hydrogens is 294 g/mol. The number of benzene rings is 1. The molecule has 0 atom stereocenters. The molecule has 1 aromatic heterocycles. The van der Waals surface area contributed by atoms with E-state index in [2.05, 4.69) is 21.0 Å². The number of ketones is 1. The Kier molecular flexibility index (Phi) is 3.52. The number of halogens is 1. The number of para-hydroxylation sites is 1. The van der Waals surface area contributed by atoms with Crippen LogP contribution in [0.3, 0.4) is 0 Å². The van der Waals surface area contributed by atoms with E-state index in [4.69, 9.17) is 5.73 Å². The smallest absolute Gasteiger partial charge is 0.170 e. The zero-order chi connectivity index (χ0) is 13.3. The first kappa shape index (κ1) is 12.8. The second kappa shape index (κ2) is 4.94. The van der Waals surface area contributed by atoms with Crippen LogP contribution < -0.4 is 5.73 Å². The highest BCUT2D eigenvalue weighted by Gasteiger charge is 2.16. The number of Topliss-reactive ketones (excluding diaryl/α,β-unsaturated/α-hetero) is 1. The molecule has 4 nitrogen and oxygen atoms in total. The molecule has 0 fully saturated rings. The molecule has 0 spiro atoms. The standard InChI is InChI=1S/C13H14BrN3O/c1-8-13(14)11(17(2)16-8)7-12(18)9-5-3-4-6-10(9)15/h3-6H,7,15H2,1-2H3. The van der Waals surface area contributed by atoms with Crippen LogP contribution in [0.25, 0.3) is 0 Å². The zero-order valence-corrected chi connectivity index (χ0v) is 11.9. The summed E-state index contributed by atoms with van der Waals surface area (Å²) in [5.41, 5.74) is 8.61. The maximum atomic E-state index is 12.2. The van der Waals surface area contributed by atoms with Gasteiger partial charge in [0.1, 0.15) is 0 Å². The average molecular weight is 308 g/mol. The fourth-order valence-corrected chi connectivity index (χ4v) is 2.35. The molecule has 0 aliphatic rings. The summed E-state index contributed by atoms with van der Waals surface area (Å²) in [6.45, 7) is 1.90. The Bertz CT molecular complexity index is 604. The zero-order valence-electron chi connectivity index (χ0n) is 10.3. The highest BCUT2D eigenvalue weighted by molar-refractivity contribution is 9.10. The number of rotatable bonds is 3. The number of nitrogens with two attached hydrogens (primary N) is 1. The number of aromatic nitrogens is 2. The van der Waals surface area contributed by atoms with Gasteiger partial charge in [-0.1, -0.05) is 12.1 Å². The van der Waals surface area contributed by atoms with Gasteiger partial charge in [-0.25, -0.2) is 0 Å². The van der Waals surface area contributed by atoms with Crippen LogP contribution in [0, 0.1) is 6.92 Å². The van der Waals surface area contributed by atoms with E-state index in [1.165, 1.54) is 0 Å². The Hall–Kier alpha value is -1.62. The van der Waals surface area contributed by atoms with Crippen molar-refractivity contribution < 1.29 is 4.79 Å². The highest BCUT2D eigenvalue weighted by atomic mass is 79.9. The van der Waals surface area contributed by atoms with Gasteiger partial charge in [-0.15, -0.1) is 0 Å². The van der Waals surface area contributed by atoms with E-state index in [1.807, 2.05) is 26.1 Å². The summed E-state index contributed by atoms with van der Waals surface area (Å²) >= 11 is 3.45. The second-order valence-corrected chi connectivity index (χ2v) is 4.95. The molecule has 0 aliphatic carbocycles. The van der Waals surface area contributed by atoms with Crippen LogP contribution in [-0.2, 0) is 13.5 Å². The van der Waals surface area contributed by atoms with E-state index >= 15 is 0 Å². The van der Waals surface area contributed by atoms with Gasteiger partial charge >= 0.3 is 0 Å². The molecule has 2 aromatic rings. The molecule has 0 radical (unpaired) electrons. The quantitative estimate of drug-likeness (QED) is 0.700. The van der Waals surface area contributed by atoms with Gasteiger partial charge in [0.15, 0.2) is 5.78 Å². The average Bonchev–Trinajstić information content (AvgIpc) is 2.56. The number of aryl methyl sites for hydroxylation is 2. The van der Waals surface area contributed by atoms with Crippen molar-refractivity contribution in [1.82, 2.24) is 9.78 Å². The Labute approximate surface area is 114 Å². The summed E-state index contributed by atoms with van der Waals surface area (Å²) < 4.78 is 2.60. The molecule has 0 saturated heterocycles. The van der Waals surface area contributed by atoms with Gasteiger partial charge in [-0.05, 0) is 35.0 Å². The first-order valence-corrected chi connectivity index (χ1v) is 6.35. The Balaban J connectivity index is 2.30. The third-order valence-electron chi connectivity index (χ3n) is 2.85. The van der Waals surface area contributed by atoms with Crippen molar-refractivity contribution in [2.45, 2.75) is 13.3 Å². The maximum Gasteiger partial charge on any atom is 0.170 e. The molecule has 1 aromatic carbocycles. The normalized spacial score (nSPS) is 10.6. The lowest BCUT2D eigenvalue weighted by atomic mass is 10.0. The summed E-state index contributed by atoms with van der Waals surface area (Å²) in [5.74, 6) is -0.00296. The number of nitrogen functional groups attached to an aromatic ring is 1. The summed E-state index contributed by atoms with van der Waals surface area (Å²) in [5, 5.41) is 4.27. The SMILES string of the molecule is Cc1nn(C)c(CC(=O)c2ccccc2N)c1Br. The molecule has 1 heterocycles. The number of anilines is 1. The van der Waals surface area contributed by atoms with Crippen molar-refractivity contribution >= 4 is 27.4 Å². The fourth-order valence-electron chi connectivity index (χ4n) is 1.87. The van der Waals surface area contributed by atoms with Crippen LogP contribution in [0.1, 0.15) is 21.7 Å². The lowest BCUT2D eigenvalue weighted by Crippen LogP contribution is -2.10. The maximum absolute atomic E-state index is 12.2. The molecule has 94 valence electrons. The predicted octanol–water partition coefficient (Wildman–Crippen LogP) is 2.50. The van der Waals surface area contributed by atoms with Gasteiger partial charge in [0.2, 0.25) is 0 Å². The topological polar surface area (TPSA) is 60.9 Å². The van der Waals surface area contributed by atoms with E-state index in [0.29, 0.717) is 11.3 Å². The summed E-state index contributed by atoms with van der Waals surface area (Å²) in [4.78, 5) is 12.2. The minimum atomic E-state index is -0.00296. The largest absolute Gasteiger partial charge is 0.398 e. The van der Waals surface area contributed by atoms with Gasteiger partial charge < -0.3 is 5.73 Å². The second-order valence-electron chi connectivity index (χ2n) is 4.16. The lowest BCUT2D eigenvalue weighted by Gasteiger charge is -2.05. The van der Waals surface area contributed by atoms with Crippen LogP contribution in [-0.4, -0.2) is 15.6 Å². The predicted molar refractivity (Wildman–Crippen MR) is 74.5 cm³/mol. The molecule has 0 amide bonds.